The Morgan fingerprint density at radius 2 is 2.23 bits per heavy atom. The van der Waals surface area contributed by atoms with Crippen LogP contribution in [-0.2, 0) is 9.53 Å². The molecule has 0 saturated carbocycles. The summed E-state index contributed by atoms with van der Waals surface area (Å²) in [6, 6.07) is 10.4. The number of carbonyl (C=O) groups excluding carboxylic acids is 1. The first kappa shape index (κ1) is 12.7. The van der Waals surface area contributed by atoms with Crippen LogP contribution in [0.4, 0.5) is 0 Å². The summed E-state index contributed by atoms with van der Waals surface area (Å²) in [5.74, 6) is -0.450. The van der Waals surface area contributed by atoms with Gasteiger partial charge in [0.2, 0.25) is 0 Å². The quantitative estimate of drug-likeness (QED) is 0.558. The van der Waals surface area contributed by atoms with Crippen LogP contribution >= 0.6 is 0 Å². The first-order valence-corrected chi connectivity index (χ1v) is 3.80. The zero-order valence-corrected chi connectivity index (χ0v) is 11.9. The Morgan fingerprint density at radius 3 is 2.69 bits per heavy atom. The van der Waals surface area contributed by atoms with Crippen molar-refractivity contribution in [1.29, 1.82) is 0 Å². The summed E-state index contributed by atoms with van der Waals surface area (Å²) >= 11 is 0. The standard InChI is InChI=1S/C10H11O2.U/c1-8(10(11)12-2)9-6-4-3-5-7-9;/h3-6,8H,1-2H3;/q-1;. The molecule has 1 unspecified atom stereocenters. The zero-order valence-electron chi connectivity index (χ0n) is 7.70. The molecule has 1 aromatic carbocycles. The summed E-state index contributed by atoms with van der Waals surface area (Å²) in [5.41, 5.74) is 0.865. The van der Waals surface area contributed by atoms with Crippen molar-refractivity contribution in [3.63, 3.8) is 0 Å². The monoisotopic (exact) mass is 401 g/mol. The van der Waals surface area contributed by atoms with Gasteiger partial charge in [-0.2, -0.15) is 30.3 Å². The molecule has 0 saturated heterocycles. The number of methoxy groups -OCH3 is 1. The van der Waals surface area contributed by atoms with Gasteiger partial charge in [0.25, 0.3) is 0 Å². The van der Waals surface area contributed by atoms with Crippen LogP contribution in [0.25, 0.3) is 0 Å². The molecule has 1 atom stereocenters. The Balaban J connectivity index is 0.00000144. The van der Waals surface area contributed by atoms with E-state index in [-0.39, 0.29) is 43.0 Å². The van der Waals surface area contributed by atoms with Gasteiger partial charge in [-0.05, 0) is 6.92 Å². The van der Waals surface area contributed by atoms with Crippen LogP contribution < -0.4 is 0 Å². The van der Waals surface area contributed by atoms with Gasteiger partial charge in [-0.25, -0.2) is 0 Å². The summed E-state index contributed by atoms with van der Waals surface area (Å²) in [6.07, 6.45) is 0. The fourth-order valence-electron chi connectivity index (χ4n) is 0.980. The summed E-state index contributed by atoms with van der Waals surface area (Å²) in [4.78, 5) is 11.1. The molecular formula is C10H11O2U-. The first-order chi connectivity index (χ1) is 5.75. The van der Waals surface area contributed by atoms with Crippen molar-refractivity contribution in [1.82, 2.24) is 0 Å². The predicted octanol–water partition coefficient (Wildman–Crippen LogP) is 1.76. The Labute approximate surface area is 102 Å². The van der Waals surface area contributed by atoms with Gasteiger partial charge in [0.05, 0.1) is 13.0 Å². The van der Waals surface area contributed by atoms with Crippen LogP contribution in [0.3, 0.4) is 0 Å². The molecule has 0 aliphatic carbocycles. The average molecular weight is 401 g/mol. The van der Waals surface area contributed by atoms with E-state index >= 15 is 0 Å². The van der Waals surface area contributed by atoms with Gasteiger partial charge >= 0.3 is 5.97 Å². The van der Waals surface area contributed by atoms with Gasteiger partial charge < -0.3 is 4.74 Å². The van der Waals surface area contributed by atoms with E-state index in [2.05, 4.69) is 10.8 Å². The van der Waals surface area contributed by atoms with Gasteiger partial charge in [0, 0.05) is 31.1 Å². The fraction of sp³-hybridized carbons (Fsp3) is 0.300. The number of rotatable bonds is 2. The minimum absolute atomic E-state index is 0. The normalized spacial score (nSPS) is 11.2. The van der Waals surface area contributed by atoms with E-state index in [4.69, 9.17) is 0 Å². The Bertz CT molecular complexity index is 259. The third-order valence-corrected chi connectivity index (χ3v) is 1.75. The van der Waals surface area contributed by atoms with E-state index in [9.17, 15) is 4.79 Å². The van der Waals surface area contributed by atoms with E-state index < -0.39 is 0 Å². The minimum atomic E-state index is -0.226. The van der Waals surface area contributed by atoms with Gasteiger partial charge in [-0.3, -0.25) is 4.79 Å². The molecule has 68 valence electrons. The summed E-state index contributed by atoms with van der Waals surface area (Å²) < 4.78 is 4.61. The van der Waals surface area contributed by atoms with Crippen LogP contribution in [-0.4, -0.2) is 13.1 Å². The number of benzene rings is 1. The molecular weight excluding hydrogens is 390 g/mol. The van der Waals surface area contributed by atoms with Gasteiger partial charge in [0.1, 0.15) is 0 Å². The van der Waals surface area contributed by atoms with Crippen LogP contribution in [0.2, 0.25) is 0 Å². The minimum Gasteiger partial charge on any atom is -0.469 e. The zero-order chi connectivity index (χ0) is 8.97. The molecule has 0 aliphatic rings. The Kier molecular flexibility index (Phi) is 6.11. The molecule has 0 heterocycles. The molecule has 0 aliphatic heterocycles. The molecule has 1 rings (SSSR count). The third-order valence-electron chi connectivity index (χ3n) is 1.75. The molecule has 0 fully saturated rings. The van der Waals surface area contributed by atoms with E-state index in [1.165, 1.54) is 7.11 Å². The molecule has 0 N–H and O–H groups in total. The second kappa shape index (κ2) is 6.23. The van der Waals surface area contributed by atoms with Crippen molar-refractivity contribution in [2.75, 3.05) is 7.11 Å². The average Bonchev–Trinajstić information content (AvgIpc) is 2.17. The molecule has 0 spiro atoms. The first-order valence-electron chi connectivity index (χ1n) is 3.80. The van der Waals surface area contributed by atoms with Crippen LogP contribution in [0.5, 0.6) is 0 Å². The number of hydrogen-bond acceptors (Lipinski definition) is 2. The second-order valence-electron chi connectivity index (χ2n) is 2.56. The molecule has 2 nitrogen and oxygen atoms in total. The van der Waals surface area contributed by atoms with E-state index in [1.54, 1.807) is 13.0 Å². The molecule has 3 heteroatoms. The number of carbonyl (C=O) groups is 1. The fourth-order valence-corrected chi connectivity index (χ4v) is 0.980. The molecule has 1 aromatic rings. The van der Waals surface area contributed by atoms with Crippen LogP contribution in [0, 0.1) is 37.2 Å². The number of hydrogen-bond donors (Lipinski definition) is 0. The third kappa shape index (κ3) is 3.54. The summed E-state index contributed by atoms with van der Waals surface area (Å²) in [6.45, 7) is 1.80. The summed E-state index contributed by atoms with van der Waals surface area (Å²) in [7, 11) is 1.39. The van der Waals surface area contributed by atoms with Gasteiger partial charge in [-0.1, -0.05) is 0 Å². The maximum Gasteiger partial charge on any atom is 0.310 e. The van der Waals surface area contributed by atoms with Crippen molar-refractivity contribution in [2.24, 2.45) is 0 Å². The molecule has 0 bridgehead atoms. The van der Waals surface area contributed by atoms with Crippen LogP contribution in [0.15, 0.2) is 24.3 Å². The van der Waals surface area contributed by atoms with Crippen molar-refractivity contribution >= 4 is 5.97 Å². The predicted molar refractivity (Wildman–Crippen MR) is 45.7 cm³/mol. The molecule has 0 amide bonds. The molecule has 13 heavy (non-hydrogen) atoms. The van der Waals surface area contributed by atoms with Crippen LogP contribution in [0.1, 0.15) is 18.4 Å². The second-order valence-corrected chi connectivity index (χ2v) is 2.56. The van der Waals surface area contributed by atoms with E-state index in [0.717, 1.165) is 5.56 Å². The Hall–Kier alpha value is -0.258. The van der Waals surface area contributed by atoms with Crippen molar-refractivity contribution < 1.29 is 40.6 Å². The van der Waals surface area contributed by atoms with E-state index in [0.29, 0.717) is 0 Å². The number of esters is 1. The SMILES string of the molecule is COC(=O)C(C)c1[c-]cccc1.[U]. The van der Waals surface area contributed by atoms with E-state index in [1.807, 2.05) is 18.2 Å². The number of ether oxygens (including phenoxy) is 1. The smallest absolute Gasteiger partial charge is 0.310 e. The maximum atomic E-state index is 11.1. The van der Waals surface area contributed by atoms with Crippen molar-refractivity contribution in [3.8, 4) is 0 Å². The van der Waals surface area contributed by atoms with Gasteiger partial charge in [0.15, 0.2) is 0 Å². The largest absolute Gasteiger partial charge is 0.469 e. The van der Waals surface area contributed by atoms with Crippen molar-refractivity contribution in [3.05, 3.63) is 35.9 Å². The topological polar surface area (TPSA) is 26.3 Å². The molecule has 0 radical (unpaired) electrons. The molecule has 0 aromatic heterocycles. The van der Waals surface area contributed by atoms with Crippen molar-refractivity contribution in [2.45, 2.75) is 12.8 Å². The maximum absolute atomic E-state index is 11.1. The Morgan fingerprint density at radius 1 is 1.54 bits per heavy atom. The van der Waals surface area contributed by atoms with Gasteiger partial charge in [-0.15, -0.1) is 5.56 Å². The summed E-state index contributed by atoms with van der Waals surface area (Å²) in [5, 5.41) is 0.